The first-order valence-electron chi connectivity index (χ1n) is 5.18. The van der Waals surface area contributed by atoms with Crippen LogP contribution in [-0.4, -0.2) is 16.3 Å². The molecule has 76 valence electrons. The van der Waals surface area contributed by atoms with Crippen molar-refractivity contribution in [3.8, 4) is 5.75 Å². The molecule has 2 rings (SSSR count). The van der Waals surface area contributed by atoms with E-state index in [4.69, 9.17) is 0 Å². The molecule has 0 heterocycles. The number of fused-ring (bicyclic) bond motifs is 1. The van der Waals surface area contributed by atoms with Crippen molar-refractivity contribution in [2.45, 2.75) is 38.2 Å². The van der Waals surface area contributed by atoms with Gasteiger partial charge in [-0.25, -0.2) is 0 Å². The number of aromatic hydroxyl groups is 1. The molecule has 0 saturated carbocycles. The first-order chi connectivity index (χ1) is 6.68. The summed E-state index contributed by atoms with van der Waals surface area (Å²) in [6, 6.07) is 5.48. The van der Waals surface area contributed by atoms with Crippen molar-refractivity contribution in [1.29, 1.82) is 0 Å². The highest BCUT2D eigenvalue weighted by atomic mass is 16.3. The second-order valence-corrected chi connectivity index (χ2v) is 4.12. The van der Waals surface area contributed by atoms with E-state index in [2.05, 4.69) is 0 Å². The van der Waals surface area contributed by atoms with Crippen LogP contribution in [0, 0.1) is 0 Å². The standard InChI is InChI=1S/C12H16O2/c1-8(13)11-4-2-3-9-7-10(14)5-6-12(9)11/h5-8,11,13-14H,2-4H2,1H3. The van der Waals surface area contributed by atoms with Crippen molar-refractivity contribution in [2.24, 2.45) is 0 Å². The van der Waals surface area contributed by atoms with Gasteiger partial charge in [0.2, 0.25) is 0 Å². The fourth-order valence-corrected chi connectivity index (χ4v) is 2.34. The first-order valence-corrected chi connectivity index (χ1v) is 5.18. The van der Waals surface area contributed by atoms with Gasteiger partial charge in [-0.3, -0.25) is 0 Å². The minimum absolute atomic E-state index is 0.249. The van der Waals surface area contributed by atoms with Crippen LogP contribution in [0.1, 0.15) is 36.8 Å². The van der Waals surface area contributed by atoms with E-state index in [0.717, 1.165) is 19.3 Å². The van der Waals surface area contributed by atoms with E-state index in [9.17, 15) is 10.2 Å². The molecule has 2 atom stereocenters. The number of rotatable bonds is 1. The van der Waals surface area contributed by atoms with Crippen LogP contribution in [0.4, 0.5) is 0 Å². The molecule has 1 aliphatic carbocycles. The number of benzene rings is 1. The minimum Gasteiger partial charge on any atom is -0.508 e. The molecule has 0 bridgehead atoms. The van der Waals surface area contributed by atoms with Gasteiger partial charge in [-0.05, 0) is 49.4 Å². The summed E-state index contributed by atoms with van der Waals surface area (Å²) in [4.78, 5) is 0. The monoisotopic (exact) mass is 192 g/mol. The first kappa shape index (κ1) is 9.53. The van der Waals surface area contributed by atoms with Gasteiger partial charge in [0.1, 0.15) is 5.75 Å². The average Bonchev–Trinajstić information content (AvgIpc) is 2.16. The van der Waals surface area contributed by atoms with E-state index in [1.807, 2.05) is 19.1 Å². The molecule has 0 spiro atoms. The van der Waals surface area contributed by atoms with Crippen LogP contribution >= 0.6 is 0 Å². The van der Waals surface area contributed by atoms with Crippen molar-refractivity contribution >= 4 is 0 Å². The van der Waals surface area contributed by atoms with Crippen molar-refractivity contribution in [3.63, 3.8) is 0 Å². The van der Waals surface area contributed by atoms with Crippen LogP contribution in [0.25, 0.3) is 0 Å². The van der Waals surface area contributed by atoms with Gasteiger partial charge in [-0.2, -0.15) is 0 Å². The summed E-state index contributed by atoms with van der Waals surface area (Å²) in [5.74, 6) is 0.578. The van der Waals surface area contributed by atoms with Gasteiger partial charge < -0.3 is 10.2 Å². The highest BCUT2D eigenvalue weighted by Crippen LogP contribution is 2.35. The molecule has 0 amide bonds. The zero-order chi connectivity index (χ0) is 10.1. The van der Waals surface area contributed by atoms with E-state index in [0.29, 0.717) is 5.75 Å². The molecule has 1 aromatic rings. The summed E-state index contributed by atoms with van der Waals surface area (Å²) in [5, 5.41) is 19.0. The SMILES string of the molecule is CC(O)C1CCCc2cc(O)ccc21. The van der Waals surface area contributed by atoms with Crippen LogP contribution in [0.2, 0.25) is 0 Å². The topological polar surface area (TPSA) is 40.5 Å². The molecule has 1 aromatic carbocycles. The lowest BCUT2D eigenvalue weighted by Crippen LogP contribution is -2.19. The molecule has 2 N–H and O–H groups in total. The summed E-state index contributed by atoms with van der Waals surface area (Å²) in [7, 11) is 0. The second-order valence-electron chi connectivity index (χ2n) is 4.12. The van der Waals surface area contributed by atoms with Gasteiger partial charge in [0.15, 0.2) is 0 Å². The highest BCUT2D eigenvalue weighted by Gasteiger charge is 2.23. The third-order valence-corrected chi connectivity index (χ3v) is 3.07. The van der Waals surface area contributed by atoms with Crippen molar-refractivity contribution in [2.75, 3.05) is 0 Å². The Bertz CT molecular complexity index is 331. The number of hydrogen-bond donors (Lipinski definition) is 2. The average molecular weight is 192 g/mol. The maximum Gasteiger partial charge on any atom is 0.115 e. The molecule has 2 unspecified atom stereocenters. The zero-order valence-electron chi connectivity index (χ0n) is 8.40. The Hall–Kier alpha value is -1.02. The highest BCUT2D eigenvalue weighted by molar-refractivity contribution is 5.39. The molecule has 1 aliphatic rings. The maximum atomic E-state index is 9.63. The molecular formula is C12H16O2. The predicted octanol–water partition coefficient (Wildman–Crippen LogP) is 2.19. The van der Waals surface area contributed by atoms with Crippen molar-refractivity contribution < 1.29 is 10.2 Å². The molecule has 0 saturated heterocycles. The third-order valence-electron chi connectivity index (χ3n) is 3.07. The van der Waals surface area contributed by atoms with Crippen LogP contribution in [0.15, 0.2) is 18.2 Å². The van der Waals surface area contributed by atoms with E-state index in [1.54, 1.807) is 6.07 Å². The lowest BCUT2D eigenvalue weighted by atomic mass is 9.80. The molecule has 0 aliphatic heterocycles. The minimum atomic E-state index is -0.293. The smallest absolute Gasteiger partial charge is 0.115 e. The predicted molar refractivity (Wildman–Crippen MR) is 55.5 cm³/mol. The molecule has 2 nitrogen and oxygen atoms in total. The molecule has 14 heavy (non-hydrogen) atoms. The summed E-state index contributed by atoms with van der Waals surface area (Å²) < 4.78 is 0. The third kappa shape index (κ3) is 1.62. The molecule has 2 heteroatoms. The molecule has 0 aromatic heterocycles. The quantitative estimate of drug-likeness (QED) is 0.716. The summed E-state index contributed by atoms with van der Waals surface area (Å²) in [6.07, 6.45) is 2.88. The molecular weight excluding hydrogens is 176 g/mol. The number of aliphatic hydroxyl groups excluding tert-OH is 1. The fourth-order valence-electron chi connectivity index (χ4n) is 2.34. The van der Waals surface area contributed by atoms with E-state index in [-0.39, 0.29) is 12.0 Å². The zero-order valence-corrected chi connectivity index (χ0v) is 8.40. The lowest BCUT2D eigenvalue weighted by molar-refractivity contribution is 0.153. The van der Waals surface area contributed by atoms with Crippen LogP contribution in [-0.2, 0) is 6.42 Å². The van der Waals surface area contributed by atoms with E-state index < -0.39 is 0 Å². The van der Waals surface area contributed by atoms with Crippen molar-refractivity contribution in [3.05, 3.63) is 29.3 Å². The fraction of sp³-hybridized carbons (Fsp3) is 0.500. The summed E-state index contributed by atoms with van der Waals surface area (Å²) >= 11 is 0. The van der Waals surface area contributed by atoms with Crippen molar-refractivity contribution in [1.82, 2.24) is 0 Å². The van der Waals surface area contributed by atoms with Crippen LogP contribution in [0.3, 0.4) is 0 Å². The van der Waals surface area contributed by atoms with Crippen LogP contribution in [0.5, 0.6) is 5.75 Å². The Morgan fingerprint density at radius 1 is 1.43 bits per heavy atom. The molecule has 0 radical (unpaired) electrons. The normalized spacial score (nSPS) is 22.9. The van der Waals surface area contributed by atoms with E-state index >= 15 is 0 Å². The molecule has 0 fully saturated rings. The van der Waals surface area contributed by atoms with Gasteiger partial charge in [0, 0.05) is 5.92 Å². The number of hydrogen-bond acceptors (Lipinski definition) is 2. The number of phenolic OH excluding ortho intramolecular Hbond substituents is 1. The summed E-state index contributed by atoms with van der Waals surface area (Å²) in [6.45, 7) is 1.84. The number of aliphatic hydroxyl groups is 1. The number of phenols is 1. The Morgan fingerprint density at radius 3 is 2.93 bits per heavy atom. The van der Waals surface area contributed by atoms with Gasteiger partial charge in [-0.1, -0.05) is 6.07 Å². The Morgan fingerprint density at radius 2 is 2.21 bits per heavy atom. The Kier molecular flexibility index (Phi) is 2.46. The number of aryl methyl sites for hydroxylation is 1. The summed E-state index contributed by atoms with van der Waals surface area (Å²) in [5.41, 5.74) is 2.41. The maximum absolute atomic E-state index is 9.63. The Labute approximate surface area is 84.2 Å². The van der Waals surface area contributed by atoms with Gasteiger partial charge in [0.25, 0.3) is 0 Å². The van der Waals surface area contributed by atoms with Crippen LogP contribution < -0.4 is 0 Å². The Balaban J connectivity index is 2.40. The second kappa shape index (κ2) is 3.62. The van der Waals surface area contributed by atoms with Gasteiger partial charge >= 0.3 is 0 Å². The van der Waals surface area contributed by atoms with Gasteiger partial charge in [0.05, 0.1) is 6.10 Å². The largest absolute Gasteiger partial charge is 0.508 e. The lowest BCUT2D eigenvalue weighted by Gasteiger charge is -2.27. The van der Waals surface area contributed by atoms with E-state index in [1.165, 1.54) is 11.1 Å². The van der Waals surface area contributed by atoms with Gasteiger partial charge in [-0.15, -0.1) is 0 Å².